The number of aromatic nitrogens is 2. The van der Waals surface area contributed by atoms with Gasteiger partial charge in [-0.1, -0.05) is 30.3 Å². The van der Waals surface area contributed by atoms with Crippen LogP contribution in [0.4, 0.5) is 11.5 Å². The maximum Gasteiger partial charge on any atom is 0.265 e. The lowest BCUT2D eigenvalue weighted by molar-refractivity contribution is 0.0746. The quantitative estimate of drug-likeness (QED) is 0.430. The monoisotopic (exact) mass is 503 g/mol. The molecule has 0 unspecified atom stereocenters. The van der Waals surface area contributed by atoms with Crippen molar-refractivity contribution in [2.45, 2.75) is 4.90 Å². The second kappa shape index (κ2) is 9.82. The number of fused-ring (bicyclic) bond motifs is 1. The molecule has 4 aromatic rings. The SMILES string of the molecule is COc1ccccc1N1CCN(C(=O)c2ccc(NS(=O)(=O)c3cccc4cccnc34)nc2)CC1. The van der Waals surface area contributed by atoms with E-state index in [9.17, 15) is 13.2 Å². The minimum absolute atomic E-state index is 0.0653. The van der Waals surface area contributed by atoms with Gasteiger partial charge in [0.25, 0.3) is 15.9 Å². The molecule has 2 aromatic heterocycles. The Kier molecular flexibility index (Phi) is 6.43. The lowest BCUT2D eigenvalue weighted by atomic mass is 10.2. The minimum Gasteiger partial charge on any atom is -0.495 e. The van der Waals surface area contributed by atoms with Gasteiger partial charge in [-0.25, -0.2) is 13.4 Å². The Hall–Kier alpha value is -4.18. The normalized spacial score (nSPS) is 14.0. The third-order valence-corrected chi connectivity index (χ3v) is 7.51. The van der Waals surface area contributed by atoms with Gasteiger partial charge in [-0.3, -0.25) is 14.5 Å². The second-order valence-electron chi connectivity index (χ2n) is 8.32. The van der Waals surface area contributed by atoms with Crippen molar-refractivity contribution >= 4 is 38.3 Å². The molecule has 1 fully saturated rings. The highest BCUT2D eigenvalue weighted by Gasteiger charge is 2.24. The van der Waals surface area contributed by atoms with Gasteiger partial charge in [-0.15, -0.1) is 0 Å². The minimum atomic E-state index is -3.92. The van der Waals surface area contributed by atoms with Crippen LogP contribution in [0.3, 0.4) is 0 Å². The summed E-state index contributed by atoms with van der Waals surface area (Å²) in [6, 6.07) is 19.4. The summed E-state index contributed by atoms with van der Waals surface area (Å²) in [5.41, 5.74) is 1.79. The average molecular weight is 504 g/mol. The van der Waals surface area contributed by atoms with Gasteiger partial charge >= 0.3 is 0 Å². The lowest BCUT2D eigenvalue weighted by Gasteiger charge is -2.36. The molecular formula is C26H25N5O4S. The summed E-state index contributed by atoms with van der Waals surface area (Å²) < 4.78 is 33.9. The number of amides is 1. The van der Waals surface area contributed by atoms with E-state index in [1.807, 2.05) is 24.3 Å². The van der Waals surface area contributed by atoms with E-state index in [0.717, 1.165) is 16.8 Å². The molecule has 36 heavy (non-hydrogen) atoms. The highest BCUT2D eigenvalue weighted by atomic mass is 32.2. The number of pyridine rings is 2. The molecule has 1 N–H and O–H groups in total. The Morgan fingerprint density at radius 2 is 1.69 bits per heavy atom. The molecule has 184 valence electrons. The summed E-state index contributed by atoms with van der Waals surface area (Å²) in [6.45, 7) is 2.46. The van der Waals surface area contributed by atoms with Crippen molar-refractivity contribution in [2.75, 3.05) is 42.9 Å². The lowest BCUT2D eigenvalue weighted by Crippen LogP contribution is -2.48. The van der Waals surface area contributed by atoms with E-state index in [2.05, 4.69) is 19.6 Å². The first kappa shape index (κ1) is 23.6. The molecule has 1 saturated heterocycles. The highest BCUT2D eigenvalue weighted by Crippen LogP contribution is 2.28. The van der Waals surface area contributed by atoms with Gasteiger partial charge < -0.3 is 14.5 Å². The number of methoxy groups -OCH3 is 1. The zero-order chi connectivity index (χ0) is 25.1. The Balaban J connectivity index is 1.25. The van der Waals surface area contributed by atoms with Crippen LogP contribution in [0.5, 0.6) is 5.75 Å². The van der Waals surface area contributed by atoms with Crippen LogP contribution in [-0.2, 0) is 10.0 Å². The maximum atomic E-state index is 13.0. The van der Waals surface area contributed by atoms with Gasteiger partial charge in [0.15, 0.2) is 0 Å². The molecule has 0 bridgehead atoms. The predicted octanol–water partition coefficient (Wildman–Crippen LogP) is 3.40. The van der Waals surface area contributed by atoms with Crippen LogP contribution in [-0.4, -0.2) is 62.5 Å². The fourth-order valence-electron chi connectivity index (χ4n) is 4.29. The summed E-state index contributed by atoms with van der Waals surface area (Å²) in [4.78, 5) is 25.5. The number of nitrogens with zero attached hydrogens (tertiary/aromatic N) is 4. The van der Waals surface area contributed by atoms with E-state index >= 15 is 0 Å². The molecular weight excluding hydrogens is 478 g/mol. The fourth-order valence-corrected chi connectivity index (χ4v) is 5.48. The van der Waals surface area contributed by atoms with Crippen LogP contribution in [0.15, 0.2) is 84.0 Å². The summed E-state index contributed by atoms with van der Waals surface area (Å²) in [5.74, 6) is 0.786. The van der Waals surface area contributed by atoms with Gasteiger partial charge in [-0.05, 0) is 36.4 Å². The number of carbonyl (C=O) groups is 1. The molecule has 1 aliphatic heterocycles. The van der Waals surface area contributed by atoms with Gasteiger partial charge in [0.2, 0.25) is 0 Å². The van der Waals surface area contributed by atoms with Gasteiger partial charge in [-0.2, -0.15) is 0 Å². The molecule has 0 saturated carbocycles. The van der Waals surface area contributed by atoms with Crippen LogP contribution >= 0.6 is 0 Å². The Bertz CT molecular complexity index is 1500. The number of hydrogen-bond acceptors (Lipinski definition) is 7. The summed E-state index contributed by atoms with van der Waals surface area (Å²) in [6.07, 6.45) is 2.95. The summed E-state index contributed by atoms with van der Waals surface area (Å²) >= 11 is 0. The average Bonchev–Trinajstić information content (AvgIpc) is 2.92. The number of hydrogen-bond donors (Lipinski definition) is 1. The predicted molar refractivity (Wildman–Crippen MR) is 138 cm³/mol. The zero-order valence-electron chi connectivity index (χ0n) is 19.7. The van der Waals surface area contributed by atoms with Gasteiger partial charge in [0.1, 0.15) is 16.5 Å². The van der Waals surface area contributed by atoms with Gasteiger partial charge in [0.05, 0.1) is 23.9 Å². The smallest absolute Gasteiger partial charge is 0.265 e. The van der Waals surface area contributed by atoms with Crippen molar-refractivity contribution in [1.82, 2.24) is 14.9 Å². The van der Waals surface area contributed by atoms with E-state index in [4.69, 9.17) is 4.74 Å². The second-order valence-corrected chi connectivity index (χ2v) is 9.97. The standard InChI is InChI=1S/C26H25N5O4S/c1-35-22-9-3-2-8-21(22)30-14-16-31(17-15-30)26(32)20-11-12-24(28-18-20)29-36(33,34)23-10-4-6-19-7-5-13-27-25(19)23/h2-13,18H,14-17H2,1H3,(H,28,29). The Labute approximate surface area is 209 Å². The first-order valence-corrected chi connectivity index (χ1v) is 12.9. The third-order valence-electron chi connectivity index (χ3n) is 6.13. The molecule has 9 nitrogen and oxygen atoms in total. The van der Waals surface area contributed by atoms with E-state index < -0.39 is 10.0 Å². The largest absolute Gasteiger partial charge is 0.495 e. The van der Waals surface area contributed by atoms with Crippen LogP contribution in [0.2, 0.25) is 0 Å². The molecule has 3 heterocycles. The number of anilines is 2. The topological polar surface area (TPSA) is 105 Å². The molecule has 10 heteroatoms. The molecule has 2 aromatic carbocycles. The molecule has 0 radical (unpaired) electrons. The fraction of sp³-hybridized carbons (Fsp3) is 0.192. The third kappa shape index (κ3) is 4.67. The zero-order valence-corrected chi connectivity index (χ0v) is 20.5. The number of sulfonamides is 1. The summed E-state index contributed by atoms with van der Waals surface area (Å²) in [7, 11) is -2.27. The van der Waals surface area contributed by atoms with Crippen molar-refractivity contribution in [3.05, 3.63) is 84.7 Å². The molecule has 0 aliphatic carbocycles. The molecule has 0 atom stereocenters. The Morgan fingerprint density at radius 1 is 0.917 bits per heavy atom. The van der Waals surface area contributed by atoms with Crippen molar-refractivity contribution in [1.29, 1.82) is 0 Å². The molecule has 0 spiro atoms. The number of ether oxygens (including phenoxy) is 1. The number of benzene rings is 2. The number of piperazine rings is 1. The van der Waals surface area contributed by atoms with Crippen molar-refractivity contribution in [3.8, 4) is 5.75 Å². The summed E-state index contributed by atoms with van der Waals surface area (Å²) in [5, 5.41) is 0.722. The molecule has 1 amide bonds. The van der Waals surface area contributed by atoms with Crippen LogP contribution in [0, 0.1) is 0 Å². The van der Waals surface area contributed by atoms with Crippen molar-refractivity contribution in [2.24, 2.45) is 0 Å². The highest BCUT2D eigenvalue weighted by molar-refractivity contribution is 7.93. The van der Waals surface area contributed by atoms with Crippen molar-refractivity contribution < 1.29 is 17.9 Å². The number of para-hydroxylation sites is 3. The van der Waals surface area contributed by atoms with Crippen molar-refractivity contribution in [3.63, 3.8) is 0 Å². The van der Waals surface area contributed by atoms with E-state index in [0.29, 0.717) is 37.3 Å². The van der Waals surface area contributed by atoms with Gasteiger partial charge in [0, 0.05) is 44.0 Å². The molecule has 1 aliphatic rings. The van der Waals surface area contributed by atoms with Crippen LogP contribution < -0.4 is 14.4 Å². The van der Waals surface area contributed by atoms with E-state index in [1.165, 1.54) is 18.3 Å². The number of nitrogens with one attached hydrogen (secondary N) is 1. The first-order chi connectivity index (χ1) is 17.5. The molecule has 5 rings (SSSR count). The van der Waals surface area contributed by atoms with Crippen LogP contribution in [0.1, 0.15) is 10.4 Å². The Morgan fingerprint density at radius 3 is 2.44 bits per heavy atom. The van der Waals surface area contributed by atoms with Crippen LogP contribution in [0.25, 0.3) is 10.9 Å². The number of rotatable bonds is 6. The van der Waals surface area contributed by atoms with E-state index in [-0.39, 0.29) is 16.6 Å². The number of carbonyl (C=O) groups excluding carboxylic acids is 1. The first-order valence-electron chi connectivity index (χ1n) is 11.5. The maximum absolute atomic E-state index is 13.0. The van der Waals surface area contributed by atoms with E-state index in [1.54, 1.807) is 48.5 Å².